The predicted molar refractivity (Wildman–Crippen MR) is 72.2 cm³/mol. The third-order valence-electron chi connectivity index (χ3n) is 2.71. The first-order chi connectivity index (χ1) is 9.08. The molecule has 1 rings (SSSR count). The van der Waals surface area contributed by atoms with E-state index in [0.717, 1.165) is 0 Å². The summed E-state index contributed by atoms with van der Waals surface area (Å²) in [6.45, 7) is 5.24. The van der Waals surface area contributed by atoms with Crippen LogP contribution in [0, 0.1) is 5.82 Å². The normalized spacial score (nSPS) is 10.8. The van der Waals surface area contributed by atoms with Gasteiger partial charge in [-0.2, -0.15) is 0 Å². The van der Waals surface area contributed by atoms with E-state index in [1.54, 1.807) is 6.07 Å². The van der Waals surface area contributed by atoms with E-state index in [1.165, 1.54) is 12.1 Å². The number of halogens is 1. The summed E-state index contributed by atoms with van der Waals surface area (Å²) in [6.07, 6.45) is 0.632. The zero-order chi connectivity index (χ0) is 14.3. The quantitative estimate of drug-likeness (QED) is 0.578. The minimum Gasteiger partial charge on any atom is -0.394 e. The zero-order valence-corrected chi connectivity index (χ0v) is 11.3. The number of benzene rings is 1. The Labute approximate surface area is 112 Å². The van der Waals surface area contributed by atoms with Crippen LogP contribution in [-0.4, -0.2) is 43.8 Å². The molecule has 5 heteroatoms. The Morgan fingerprint density at radius 3 is 2.68 bits per heavy atom. The maximum absolute atomic E-state index is 13.4. The number of carbonyl (C=O) groups excluding carboxylic acids is 1. The topological polar surface area (TPSA) is 49.8 Å². The highest BCUT2D eigenvalue weighted by atomic mass is 19.1. The molecule has 1 aromatic rings. The minimum absolute atomic E-state index is 0.0169. The first-order valence-corrected chi connectivity index (χ1v) is 6.29. The summed E-state index contributed by atoms with van der Waals surface area (Å²) in [5.41, 5.74) is 0.974. The van der Waals surface area contributed by atoms with Crippen LogP contribution in [0.3, 0.4) is 0 Å². The first-order valence-electron chi connectivity index (χ1n) is 6.29. The fourth-order valence-electron chi connectivity index (χ4n) is 1.85. The number of anilines is 1. The number of aliphatic hydroxyl groups excluding tert-OH is 1. The molecule has 0 spiro atoms. The Hall–Kier alpha value is -1.46. The highest BCUT2D eigenvalue weighted by Gasteiger charge is 2.12. The van der Waals surface area contributed by atoms with Crippen molar-refractivity contribution < 1.29 is 19.0 Å². The Morgan fingerprint density at radius 2 is 2.11 bits per heavy atom. The molecule has 0 unspecified atom stereocenters. The molecule has 106 valence electrons. The molecule has 0 saturated heterocycles. The molecule has 0 aliphatic rings. The van der Waals surface area contributed by atoms with Crippen LogP contribution >= 0.6 is 0 Å². The van der Waals surface area contributed by atoms with Gasteiger partial charge in [0, 0.05) is 23.8 Å². The summed E-state index contributed by atoms with van der Waals surface area (Å²) in [7, 11) is 0. The molecule has 1 N–H and O–H groups in total. The van der Waals surface area contributed by atoms with Gasteiger partial charge in [-0.3, -0.25) is 4.79 Å². The first kappa shape index (κ1) is 15.6. The number of nitrogens with zero attached hydrogens (tertiary/aromatic N) is 1. The number of carbonyl (C=O) groups is 1. The van der Waals surface area contributed by atoms with E-state index >= 15 is 0 Å². The average Bonchev–Trinajstić information content (AvgIpc) is 2.37. The second-order valence-corrected chi connectivity index (χ2v) is 4.48. The van der Waals surface area contributed by atoms with Crippen molar-refractivity contribution in [3.8, 4) is 0 Å². The van der Waals surface area contributed by atoms with E-state index in [0.29, 0.717) is 30.7 Å². The standard InChI is InChI=1S/C14H20FNO3/c1-11(2)16(3-5-19-6-4-17)14-8-12(10-18)7-13(15)9-14/h7-11,17H,3-6H2,1-2H3. The molecule has 0 heterocycles. The fourth-order valence-corrected chi connectivity index (χ4v) is 1.85. The highest BCUT2D eigenvalue weighted by Crippen LogP contribution is 2.20. The van der Waals surface area contributed by atoms with Crippen LogP contribution in [0.15, 0.2) is 18.2 Å². The number of aliphatic hydroxyl groups is 1. The molecule has 4 nitrogen and oxygen atoms in total. The average molecular weight is 269 g/mol. The molecule has 0 aliphatic carbocycles. The van der Waals surface area contributed by atoms with Crippen LogP contribution in [0.25, 0.3) is 0 Å². The lowest BCUT2D eigenvalue weighted by molar-refractivity contribution is 0.0961. The second-order valence-electron chi connectivity index (χ2n) is 4.48. The van der Waals surface area contributed by atoms with E-state index in [2.05, 4.69) is 0 Å². The molecule has 0 radical (unpaired) electrons. The Bertz CT molecular complexity index is 410. The van der Waals surface area contributed by atoms with Crippen LogP contribution in [0.1, 0.15) is 24.2 Å². The third-order valence-corrected chi connectivity index (χ3v) is 2.71. The summed E-state index contributed by atoms with van der Waals surface area (Å²) < 4.78 is 18.6. The van der Waals surface area contributed by atoms with Gasteiger partial charge in [-0.05, 0) is 32.0 Å². The SMILES string of the molecule is CC(C)N(CCOCCO)c1cc(F)cc(C=O)c1. The summed E-state index contributed by atoms with van der Waals surface area (Å²) >= 11 is 0. The molecular formula is C14H20FNO3. The maximum Gasteiger partial charge on any atom is 0.150 e. The molecular weight excluding hydrogens is 249 g/mol. The lowest BCUT2D eigenvalue weighted by Gasteiger charge is -2.29. The molecule has 19 heavy (non-hydrogen) atoms. The van der Waals surface area contributed by atoms with Gasteiger partial charge in [0.05, 0.1) is 19.8 Å². The van der Waals surface area contributed by atoms with Crippen molar-refractivity contribution >= 4 is 12.0 Å². The van der Waals surface area contributed by atoms with Crippen LogP contribution in [0.5, 0.6) is 0 Å². The number of rotatable bonds is 8. The summed E-state index contributed by atoms with van der Waals surface area (Å²) in [5, 5.41) is 8.64. The van der Waals surface area contributed by atoms with Crippen LogP contribution in [0.4, 0.5) is 10.1 Å². The molecule has 0 fully saturated rings. The monoisotopic (exact) mass is 269 g/mol. The van der Waals surface area contributed by atoms with Crippen molar-refractivity contribution in [3.63, 3.8) is 0 Å². The van der Waals surface area contributed by atoms with Gasteiger partial charge in [-0.25, -0.2) is 4.39 Å². The number of hydrogen-bond donors (Lipinski definition) is 1. The number of aldehydes is 1. The van der Waals surface area contributed by atoms with E-state index in [4.69, 9.17) is 9.84 Å². The van der Waals surface area contributed by atoms with Crippen molar-refractivity contribution in [3.05, 3.63) is 29.6 Å². The lowest BCUT2D eigenvalue weighted by atomic mass is 10.1. The van der Waals surface area contributed by atoms with Crippen LogP contribution in [0.2, 0.25) is 0 Å². The predicted octanol–water partition coefficient (Wildman–Crippen LogP) is 1.86. The minimum atomic E-state index is -0.429. The van der Waals surface area contributed by atoms with Gasteiger partial charge in [0.2, 0.25) is 0 Å². The van der Waals surface area contributed by atoms with E-state index in [9.17, 15) is 9.18 Å². The Balaban J connectivity index is 2.80. The molecule has 0 aromatic heterocycles. The summed E-state index contributed by atoms with van der Waals surface area (Å²) in [5.74, 6) is -0.429. The van der Waals surface area contributed by atoms with Gasteiger partial charge in [0.1, 0.15) is 12.1 Å². The molecule has 0 amide bonds. The van der Waals surface area contributed by atoms with E-state index < -0.39 is 5.82 Å². The van der Waals surface area contributed by atoms with Gasteiger partial charge in [0.25, 0.3) is 0 Å². The molecule has 0 saturated carbocycles. The Morgan fingerprint density at radius 1 is 1.37 bits per heavy atom. The van der Waals surface area contributed by atoms with Gasteiger partial charge in [-0.1, -0.05) is 0 Å². The van der Waals surface area contributed by atoms with Gasteiger partial charge < -0.3 is 14.7 Å². The van der Waals surface area contributed by atoms with Crippen molar-refractivity contribution in [2.24, 2.45) is 0 Å². The van der Waals surface area contributed by atoms with Crippen LogP contribution in [-0.2, 0) is 4.74 Å². The zero-order valence-electron chi connectivity index (χ0n) is 11.3. The molecule has 0 aliphatic heterocycles. The van der Waals surface area contributed by atoms with Crippen molar-refractivity contribution in [2.75, 3.05) is 31.3 Å². The van der Waals surface area contributed by atoms with Crippen molar-refractivity contribution in [1.29, 1.82) is 0 Å². The van der Waals surface area contributed by atoms with Gasteiger partial charge >= 0.3 is 0 Å². The van der Waals surface area contributed by atoms with E-state index in [-0.39, 0.29) is 19.3 Å². The second kappa shape index (κ2) is 7.86. The fraction of sp³-hybridized carbons (Fsp3) is 0.500. The Kier molecular flexibility index (Phi) is 6.45. The summed E-state index contributed by atoms with van der Waals surface area (Å²) in [4.78, 5) is 12.7. The smallest absolute Gasteiger partial charge is 0.150 e. The van der Waals surface area contributed by atoms with Gasteiger partial charge in [-0.15, -0.1) is 0 Å². The lowest BCUT2D eigenvalue weighted by Crippen LogP contribution is -2.34. The van der Waals surface area contributed by atoms with Crippen molar-refractivity contribution in [2.45, 2.75) is 19.9 Å². The van der Waals surface area contributed by atoms with Crippen molar-refractivity contribution in [1.82, 2.24) is 0 Å². The van der Waals surface area contributed by atoms with Crippen LogP contribution < -0.4 is 4.90 Å². The molecule has 1 aromatic carbocycles. The largest absolute Gasteiger partial charge is 0.394 e. The third kappa shape index (κ3) is 4.96. The van der Waals surface area contributed by atoms with E-state index in [1.807, 2.05) is 18.7 Å². The number of hydrogen-bond acceptors (Lipinski definition) is 4. The van der Waals surface area contributed by atoms with Gasteiger partial charge in [0.15, 0.2) is 0 Å². The highest BCUT2D eigenvalue weighted by molar-refractivity contribution is 5.77. The molecule has 0 bridgehead atoms. The maximum atomic E-state index is 13.4. The number of ether oxygens (including phenoxy) is 1. The molecule has 0 atom stereocenters. The summed E-state index contributed by atoms with van der Waals surface area (Å²) in [6, 6.07) is 4.41.